The van der Waals surface area contributed by atoms with Crippen LogP contribution in [0.4, 0.5) is 0 Å². The van der Waals surface area contributed by atoms with E-state index in [1.54, 1.807) is 0 Å². The molecule has 1 aliphatic carbocycles. The largest absolute Gasteiger partial charge is 0.463 e. The molecule has 0 aromatic carbocycles. The first-order valence-corrected chi connectivity index (χ1v) is 6.14. The van der Waals surface area contributed by atoms with E-state index in [9.17, 15) is 4.79 Å². The van der Waals surface area contributed by atoms with Crippen molar-refractivity contribution in [1.29, 1.82) is 0 Å². The highest BCUT2D eigenvalue weighted by molar-refractivity contribution is 5.84. The minimum atomic E-state index is -0.495. The molecule has 86 valence electrons. The van der Waals surface area contributed by atoms with Gasteiger partial charge in [-0.2, -0.15) is 0 Å². The van der Waals surface area contributed by atoms with E-state index >= 15 is 0 Å². The zero-order valence-electron chi connectivity index (χ0n) is 9.46. The van der Waals surface area contributed by atoms with E-state index < -0.39 is 5.60 Å². The Hall–Kier alpha value is -0.570. The summed E-state index contributed by atoms with van der Waals surface area (Å²) >= 11 is 0. The van der Waals surface area contributed by atoms with Crippen LogP contribution in [0, 0.1) is 0 Å². The average Bonchev–Trinajstić information content (AvgIpc) is 2.81. The minimum Gasteiger partial charge on any atom is -0.463 e. The third kappa shape index (κ3) is 2.17. The van der Waals surface area contributed by atoms with Crippen molar-refractivity contribution in [2.45, 2.75) is 63.6 Å². The maximum absolute atomic E-state index is 11.7. The first-order chi connectivity index (χ1) is 7.29. The van der Waals surface area contributed by atoms with Crippen LogP contribution in [0.2, 0.25) is 0 Å². The number of hydrogen-bond acceptors (Lipinski definition) is 3. The lowest BCUT2D eigenvalue weighted by Crippen LogP contribution is -2.26. The van der Waals surface area contributed by atoms with E-state index in [0.29, 0.717) is 6.61 Å². The summed E-state index contributed by atoms with van der Waals surface area (Å²) in [5, 5.41) is 0. The third-order valence-electron chi connectivity index (χ3n) is 3.41. The second-order valence-electron chi connectivity index (χ2n) is 4.58. The van der Waals surface area contributed by atoms with Crippen LogP contribution in [-0.4, -0.2) is 24.3 Å². The Morgan fingerprint density at radius 1 is 1.47 bits per heavy atom. The van der Waals surface area contributed by atoms with Crippen molar-refractivity contribution in [2.24, 2.45) is 0 Å². The summed E-state index contributed by atoms with van der Waals surface area (Å²) in [7, 11) is 0. The summed E-state index contributed by atoms with van der Waals surface area (Å²) in [5.74, 6) is -0.110. The summed E-state index contributed by atoms with van der Waals surface area (Å²) in [6.45, 7) is 2.74. The summed E-state index contributed by atoms with van der Waals surface area (Å²) in [5.41, 5.74) is -0.495. The maximum atomic E-state index is 11.7. The molecule has 0 amide bonds. The predicted molar refractivity (Wildman–Crippen MR) is 56.6 cm³/mol. The molecular weight excluding hydrogens is 192 g/mol. The Morgan fingerprint density at radius 2 is 2.33 bits per heavy atom. The highest BCUT2D eigenvalue weighted by Gasteiger charge is 2.66. The van der Waals surface area contributed by atoms with Gasteiger partial charge in [0.2, 0.25) is 0 Å². The van der Waals surface area contributed by atoms with Gasteiger partial charge in [-0.05, 0) is 25.7 Å². The van der Waals surface area contributed by atoms with E-state index in [4.69, 9.17) is 9.47 Å². The molecule has 2 aliphatic rings. The number of carbonyl (C=O) groups is 1. The van der Waals surface area contributed by atoms with Gasteiger partial charge in [-0.1, -0.05) is 26.2 Å². The normalized spacial score (nSPS) is 32.5. The predicted octanol–water partition coefficient (Wildman–Crippen LogP) is 2.43. The Balaban J connectivity index is 1.61. The van der Waals surface area contributed by atoms with E-state index in [2.05, 4.69) is 6.92 Å². The van der Waals surface area contributed by atoms with Crippen molar-refractivity contribution in [3.63, 3.8) is 0 Å². The lowest BCUT2D eigenvalue weighted by Gasteiger charge is -2.08. The summed E-state index contributed by atoms with van der Waals surface area (Å²) in [6.07, 6.45) is 7.76. The molecule has 0 bridgehead atoms. The highest BCUT2D eigenvalue weighted by atomic mass is 16.7. The quantitative estimate of drug-likeness (QED) is 0.385. The fourth-order valence-corrected chi connectivity index (χ4v) is 2.38. The minimum absolute atomic E-state index is 0.110. The van der Waals surface area contributed by atoms with Crippen molar-refractivity contribution in [1.82, 2.24) is 0 Å². The van der Waals surface area contributed by atoms with Crippen LogP contribution < -0.4 is 0 Å². The molecule has 15 heavy (non-hydrogen) atoms. The first-order valence-electron chi connectivity index (χ1n) is 6.14. The zero-order valence-corrected chi connectivity index (χ0v) is 9.46. The van der Waals surface area contributed by atoms with Crippen LogP contribution in [-0.2, 0) is 14.3 Å². The van der Waals surface area contributed by atoms with Crippen molar-refractivity contribution in [2.75, 3.05) is 6.61 Å². The molecule has 2 unspecified atom stereocenters. The Bertz CT molecular complexity index is 239. The zero-order chi connectivity index (χ0) is 10.7. The third-order valence-corrected chi connectivity index (χ3v) is 3.41. The maximum Gasteiger partial charge on any atom is 0.341 e. The number of esters is 1. The fraction of sp³-hybridized carbons (Fsp3) is 0.917. The van der Waals surface area contributed by atoms with Crippen LogP contribution in [0.3, 0.4) is 0 Å². The number of epoxide rings is 1. The lowest BCUT2D eigenvalue weighted by atomic mass is 10.1. The molecule has 2 atom stereocenters. The van der Waals surface area contributed by atoms with E-state index in [-0.39, 0.29) is 12.1 Å². The molecule has 0 aromatic heterocycles. The van der Waals surface area contributed by atoms with Crippen molar-refractivity contribution >= 4 is 5.97 Å². The van der Waals surface area contributed by atoms with Crippen LogP contribution in [0.1, 0.15) is 51.9 Å². The molecule has 0 radical (unpaired) electrons. The second kappa shape index (κ2) is 4.52. The number of rotatable bonds is 6. The Morgan fingerprint density at radius 3 is 2.93 bits per heavy atom. The van der Waals surface area contributed by atoms with Gasteiger partial charge in [-0.3, -0.25) is 0 Å². The molecule has 1 heterocycles. The molecule has 1 saturated carbocycles. The molecule has 2 fully saturated rings. The van der Waals surface area contributed by atoms with Gasteiger partial charge in [0.1, 0.15) is 0 Å². The van der Waals surface area contributed by atoms with Crippen molar-refractivity contribution in [3.8, 4) is 0 Å². The van der Waals surface area contributed by atoms with Gasteiger partial charge < -0.3 is 9.47 Å². The Kier molecular flexibility index (Phi) is 3.29. The number of fused-ring (bicyclic) bond motifs is 1. The SMILES string of the molecule is CCCCCCOC(=O)C12CCCC1O2. The van der Waals surface area contributed by atoms with Gasteiger partial charge in [-0.15, -0.1) is 0 Å². The number of ether oxygens (including phenoxy) is 2. The van der Waals surface area contributed by atoms with Crippen LogP contribution in [0.15, 0.2) is 0 Å². The molecule has 0 spiro atoms. The lowest BCUT2D eigenvalue weighted by molar-refractivity contribution is -0.150. The first kappa shape index (κ1) is 10.9. The molecule has 0 aromatic rings. The van der Waals surface area contributed by atoms with Gasteiger partial charge in [0.15, 0.2) is 5.60 Å². The molecule has 1 aliphatic heterocycles. The van der Waals surface area contributed by atoms with Crippen LogP contribution in [0.5, 0.6) is 0 Å². The topological polar surface area (TPSA) is 38.8 Å². The molecule has 1 saturated heterocycles. The van der Waals surface area contributed by atoms with Crippen molar-refractivity contribution in [3.05, 3.63) is 0 Å². The van der Waals surface area contributed by atoms with Crippen LogP contribution >= 0.6 is 0 Å². The van der Waals surface area contributed by atoms with E-state index in [1.165, 1.54) is 12.8 Å². The molecular formula is C12H20O3. The number of carbonyl (C=O) groups excluding carboxylic acids is 1. The fourth-order valence-electron chi connectivity index (χ4n) is 2.38. The molecule has 3 heteroatoms. The van der Waals surface area contributed by atoms with Gasteiger partial charge in [-0.25, -0.2) is 4.79 Å². The monoisotopic (exact) mass is 212 g/mol. The second-order valence-corrected chi connectivity index (χ2v) is 4.58. The number of hydrogen-bond donors (Lipinski definition) is 0. The molecule has 0 N–H and O–H groups in total. The molecule has 2 rings (SSSR count). The van der Waals surface area contributed by atoms with Gasteiger partial charge in [0, 0.05) is 0 Å². The average molecular weight is 212 g/mol. The van der Waals surface area contributed by atoms with Crippen molar-refractivity contribution < 1.29 is 14.3 Å². The number of unbranched alkanes of at least 4 members (excludes halogenated alkanes) is 3. The van der Waals surface area contributed by atoms with Gasteiger partial charge in [0.05, 0.1) is 12.7 Å². The summed E-state index contributed by atoms with van der Waals surface area (Å²) in [6, 6.07) is 0. The van der Waals surface area contributed by atoms with E-state index in [1.807, 2.05) is 0 Å². The molecule has 3 nitrogen and oxygen atoms in total. The van der Waals surface area contributed by atoms with Crippen LogP contribution in [0.25, 0.3) is 0 Å². The standard InChI is InChI=1S/C12H20O3/c1-2-3-4-5-9-14-11(13)12-8-6-7-10(12)15-12/h10H,2-9H2,1H3. The summed E-state index contributed by atoms with van der Waals surface area (Å²) < 4.78 is 10.7. The summed E-state index contributed by atoms with van der Waals surface area (Å²) in [4.78, 5) is 11.7. The smallest absolute Gasteiger partial charge is 0.341 e. The Labute approximate surface area is 91.1 Å². The van der Waals surface area contributed by atoms with E-state index in [0.717, 1.165) is 32.1 Å². The highest BCUT2D eigenvalue weighted by Crippen LogP contribution is 2.50. The van der Waals surface area contributed by atoms with Gasteiger partial charge in [0.25, 0.3) is 0 Å². The van der Waals surface area contributed by atoms with Gasteiger partial charge >= 0.3 is 5.97 Å².